The van der Waals surface area contributed by atoms with Gasteiger partial charge < -0.3 is 19.8 Å². The lowest BCUT2D eigenvalue weighted by molar-refractivity contribution is -0.870. The summed E-state index contributed by atoms with van der Waals surface area (Å²) in [4.78, 5) is 23.3. The summed E-state index contributed by atoms with van der Waals surface area (Å²) in [7, 11) is 1.51. The molecule has 0 aliphatic rings. The van der Waals surface area contributed by atoms with Gasteiger partial charge in [0.2, 0.25) is 5.91 Å². The molecule has 72 heavy (non-hydrogen) atoms. The van der Waals surface area contributed by atoms with E-state index < -0.39 is 20.0 Å². The second-order valence-electron chi connectivity index (χ2n) is 19.9. The Bertz CT molecular complexity index is 1630. The number of phosphoric acid groups is 1. The maximum absolute atomic E-state index is 13.0. The van der Waals surface area contributed by atoms with Gasteiger partial charge in [-0.05, 0) is 103 Å². The zero-order valence-electron chi connectivity index (χ0n) is 46.6. The fourth-order valence-corrected chi connectivity index (χ4v) is 8.14. The Morgan fingerprint density at radius 3 is 1.28 bits per heavy atom. The Labute approximate surface area is 443 Å². The molecule has 0 aromatic carbocycles. The molecule has 0 aromatic heterocycles. The summed E-state index contributed by atoms with van der Waals surface area (Å²) in [6.45, 7) is 4.64. The van der Waals surface area contributed by atoms with Crippen LogP contribution in [-0.4, -0.2) is 73.4 Å². The van der Waals surface area contributed by atoms with Crippen molar-refractivity contribution in [1.82, 2.24) is 5.32 Å². The molecule has 3 unspecified atom stereocenters. The Hall–Kier alpha value is -3.36. The van der Waals surface area contributed by atoms with Crippen molar-refractivity contribution in [3.63, 3.8) is 0 Å². The van der Waals surface area contributed by atoms with Crippen LogP contribution in [0.25, 0.3) is 0 Å². The average Bonchev–Trinajstić information content (AvgIpc) is 3.34. The van der Waals surface area contributed by atoms with E-state index in [9.17, 15) is 19.4 Å². The van der Waals surface area contributed by atoms with Crippen LogP contribution in [0.1, 0.15) is 206 Å². The first kappa shape index (κ1) is 68.6. The fourth-order valence-electron chi connectivity index (χ4n) is 7.40. The van der Waals surface area contributed by atoms with Gasteiger partial charge in [0, 0.05) is 6.42 Å². The number of carbonyl (C=O) groups is 1. The molecule has 1 amide bonds. The van der Waals surface area contributed by atoms with Crippen molar-refractivity contribution < 1.29 is 32.9 Å². The normalized spacial score (nSPS) is 14.9. The number of phosphoric ester groups is 1. The lowest BCUT2D eigenvalue weighted by Crippen LogP contribution is -2.45. The molecule has 0 fully saturated rings. The van der Waals surface area contributed by atoms with Gasteiger partial charge in [0.1, 0.15) is 13.2 Å². The monoisotopic (exact) mass is 1020 g/mol. The van der Waals surface area contributed by atoms with Gasteiger partial charge in [0.15, 0.2) is 0 Å². The fraction of sp³-hybridized carbons (Fsp3) is 0.635. The van der Waals surface area contributed by atoms with Crippen molar-refractivity contribution in [3.8, 4) is 0 Å². The number of allylic oxidation sites excluding steroid dienone is 21. The third-order valence-corrected chi connectivity index (χ3v) is 12.8. The summed E-state index contributed by atoms with van der Waals surface area (Å²) >= 11 is 0. The summed E-state index contributed by atoms with van der Waals surface area (Å²) in [5.41, 5.74) is 0. The molecule has 0 radical (unpaired) electrons. The van der Waals surface area contributed by atoms with Crippen molar-refractivity contribution in [1.29, 1.82) is 0 Å². The number of carbonyl (C=O) groups excluding carboxylic acids is 1. The molecule has 9 heteroatoms. The van der Waals surface area contributed by atoms with E-state index in [1.54, 1.807) is 6.08 Å². The molecule has 0 saturated carbocycles. The van der Waals surface area contributed by atoms with Crippen molar-refractivity contribution in [3.05, 3.63) is 134 Å². The van der Waals surface area contributed by atoms with Crippen LogP contribution in [0.3, 0.4) is 0 Å². The van der Waals surface area contributed by atoms with E-state index in [4.69, 9.17) is 9.05 Å². The highest BCUT2D eigenvalue weighted by Gasteiger charge is 2.27. The average molecular weight is 1020 g/mol. The van der Waals surface area contributed by atoms with Crippen LogP contribution in [0.2, 0.25) is 0 Å². The standard InChI is InChI=1S/C63H107N2O6P/c1-6-8-10-12-14-16-18-20-22-24-26-27-28-29-30-31-32-33-34-35-36-37-39-41-43-45-47-49-51-53-55-57-63(67)64-61(60-71-72(68,69)70-59-58-65(3,4)5)62(66)56-54-52-50-48-46-44-42-40-38-25-23-21-19-17-15-13-11-9-7-2/h8,10,14,16,20,22,26-27,29-30,32-33,35-36,39,41,45-48,54,56,61-62,66H,6-7,9,11-13,15,17-19,21,23-25,28,31,34,37-38,40,42-44,49-53,55,57-60H2,1-5H3,(H-,64,67,68,69)/p+1/b10-8-,16-14-,22-20-,27-26-,30-29-,33-32-,36-35-,41-39-,47-45-,48-46+,56-54+. The first-order valence-corrected chi connectivity index (χ1v) is 30.1. The zero-order chi connectivity index (χ0) is 52.7. The largest absolute Gasteiger partial charge is 0.472 e. The topological polar surface area (TPSA) is 105 Å². The van der Waals surface area contributed by atoms with Crippen molar-refractivity contribution in [2.75, 3.05) is 40.9 Å². The van der Waals surface area contributed by atoms with Gasteiger partial charge in [0.05, 0.1) is 39.9 Å². The van der Waals surface area contributed by atoms with Gasteiger partial charge in [-0.1, -0.05) is 231 Å². The van der Waals surface area contributed by atoms with E-state index in [1.165, 1.54) is 83.5 Å². The van der Waals surface area contributed by atoms with Crippen molar-refractivity contribution in [2.24, 2.45) is 0 Å². The van der Waals surface area contributed by atoms with E-state index in [0.29, 0.717) is 23.9 Å². The first-order valence-electron chi connectivity index (χ1n) is 28.6. The van der Waals surface area contributed by atoms with Gasteiger partial charge in [-0.3, -0.25) is 13.8 Å². The minimum Gasteiger partial charge on any atom is -0.387 e. The molecule has 0 bridgehead atoms. The number of hydrogen-bond donors (Lipinski definition) is 3. The smallest absolute Gasteiger partial charge is 0.387 e. The summed E-state index contributed by atoms with van der Waals surface area (Å²) in [6, 6.07) is -0.892. The second-order valence-corrected chi connectivity index (χ2v) is 21.4. The highest BCUT2D eigenvalue weighted by molar-refractivity contribution is 7.47. The number of aliphatic hydroxyl groups excluding tert-OH is 1. The zero-order valence-corrected chi connectivity index (χ0v) is 47.5. The van der Waals surface area contributed by atoms with Crippen LogP contribution in [0.5, 0.6) is 0 Å². The van der Waals surface area contributed by atoms with Gasteiger partial charge in [0.25, 0.3) is 0 Å². The molecule has 3 atom stereocenters. The Balaban J connectivity index is 4.38. The van der Waals surface area contributed by atoms with Crippen molar-refractivity contribution >= 4 is 13.7 Å². The number of unbranched alkanes of at least 4 members (excludes halogenated alkanes) is 17. The van der Waals surface area contributed by atoms with Gasteiger partial charge in [-0.2, -0.15) is 0 Å². The van der Waals surface area contributed by atoms with E-state index in [-0.39, 0.29) is 19.1 Å². The quantitative estimate of drug-likeness (QED) is 0.0243. The molecule has 0 aliphatic heterocycles. The summed E-state index contributed by atoms with van der Waals surface area (Å²) < 4.78 is 23.7. The van der Waals surface area contributed by atoms with E-state index in [0.717, 1.165) is 96.3 Å². The molecule has 3 N–H and O–H groups in total. The van der Waals surface area contributed by atoms with Crippen LogP contribution in [0.15, 0.2) is 134 Å². The van der Waals surface area contributed by atoms with Crippen LogP contribution >= 0.6 is 7.82 Å². The Morgan fingerprint density at radius 2 is 0.847 bits per heavy atom. The molecule has 8 nitrogen and oxygen atoms in total. The highest BCUT2D eigenvalue weighted by Crippen LogP contribution is 2.43. The molecular weight excluding hydrogens is 912 g/mol. The molecular formula is C63H108N2O6P+. The van der Waals surface area contributed by atoms with Crippen LogP contribution in [0, 0.1) is 0 Å². The number of nitrogens with one attached hydrogen (secondary N) is 1. The molecule has 0 rings (SSSR count). The van der Waals surface area contributed by atoms with E-state index in [2.05, 4.69) is 141 Å². The lowest BCUT2D eigenvalue weighted by atomic mass is 10.0. The number of rotatable bonds is 50. The van der Waals surface area contributed by atoms with E-state index >= 15 is 0 Å². The molecule has 0 aliphatic carbocycles. The summed E-state index contributed by atoms with van der Waals surface area (Å²) in [5.74, 6) is -0.224. The van der Waals surface area contributed by atoms with Gasteiger partial charge in [-0.15, -0.1) is 0 Å². The molecule has 410 valence electrons. The second kappa shape index (κ2) is 52.5. The van der Waals surface area contributed by atoms with Crippen LogP contribution in [-0.2, 0) is 18.4 Å². The minimum atomic E-state index is -4.37. The van der Waals surface area contributed by atoms with Crippen LogP contribution in [0.4, 0.5) is 0 Å². The third kappa shape index (κ3) is 54.4. The summed E-state index contributed by atoms with van der Waals surface area (Å²) in [6.07, 6.45) is 79.8. The number of likely N-dealkylation sites (N-methyl/N-ethyl adjacent to an activating group) is 1. The van der Waals surface area contributed by atoms with E-state index in [1.807, 2.05) is 27.2 Å². The Morgan fingerprint density at radius 1 is 0.486 bits per heavy atom. The molecule has 0 spiro atoms. The Kier molecular flexibility index (Phi) is 50.1. The summed E-state index contributed by atoms with van der Waals surface area (Å²) in [5, 5.41) is 13.9. The third-order valence-electron chi connectivity index (χ3n) is 11.9. The number of amides is 1. The molecule has 0 aromatic rings. The maximum Gasteiger partial charge on any atom is 0.472 e. The minimum absolute atomic E-state index is 0.0416. The predicted molar refractivity (Wildman–Crippen MR) is 313 cm³/mol. The number of aliphatic hydroxyl groups is 1. The van der Waals surface area contributed by atoms with Crippen molar-refractivity contribution in [2.45, 2.75) is 219 Å². The molecule has 0 heterocycles. The highest BCUT2D eigenvalue weighted by atomic mass is 31.2. The maximum atomic E-state index is 13.0. The number of quaternary nitrogens is 1. The van der Waals surface area contributed by atoms with Gasteiger partial charge >= 0.3 is 7.82 Å². The molecule has 0 saturated heterocycles. The number of nitrogens with zero attached hydrogens (tertiary/aromatic N) is 1. The van der Waals surface area contributed by atoms with Gasteiger partial charge in [-0.25, -0.2) is 4.57 Å². The predicted octanol–water partition coefficient (Wildman–Crippen LogP) is 17.5. The lowest BCUT2D eigenvalue weighted by Gasteiger charge is -2.25. The first-order chi connectivity index (χ1) is 35.0. The number of hydrogen-bond acceptors (Lipinski definition) is 5. The SMILES string of the molecule is CC/C=C\C/C=C\C/C=C\C/C=C\C/C=C\C/C=C\C/C=C\C/C=C\C/C=C\CCCCCC(=O)NC(COP(=O)(O)OCC[N+](C)(C)C)C(O)/C=C/CC/C=C/CCCCCCCCCCCCCCC. The van der Waals surface area contributed by atoms with Crippen LogP contribution < -0.4 is 5.32 Å².